The van der Waals surface area contributed by atoms with Crippen molar-refractivity contribution in [1.82, 2.24) is 15.1 Å². The summed E-state index contributed by atoms with van der Waals surface area (Å²) in [6, 6.07) is 6.10. The Morgan fingerprint density at radius 1 is 1.12 bits per heavy atom. The van der Waals surface area contributed by atoms with Crippen LogP contribution in [-0.2, 0) is 27.4 Å². The lowest BCUT2D eigenvalue weighted by Crippen LogP contribution is -2.52. The van der Waals surface area contributed by atoms with Crippen LogP contribution in [0.3, 0.4) is 0 Å². The average molecular weight is 441 g/mol. The SMILES string of the molecule is NC1CCOC(C2CCCCN2Cc2ccc3c(c2)C(=O)N(C2CCC(=O)NC2=O)C3)C1. The minimum Gasteiger partial charge on any atom is -0.376 e. The second-order valence-corrected chi connectivity index (χ2v) is 9.62. The molecular formula is C24H32N4O4. The highest BCUT2D eigenvalue weighted by Crippen LogP contribution is 2.31. The highest BCUT2D eigenvalue weighted by atomic mass is 16.5. The number of hydrogen-bond acceptors (Lipinski definition) is 6. The molecular weight excluding hydrogens is 408 g/mol. The first kappa shape index (κ1) is 21.6. The molecule has 3 fully saturated rings. The molecule has 8 heteroatoms. The van der Waals surface area contributed by atoms with Gasteiger partial charge in [-0.1, -0.05) is 18.6 Å². The van der Waals surface area contributed by atoms with E-state index < -0.39 is 6.04 Å². The van der Waals surface area contributed by atoms with Crippen LogP contribution in [0.25, 0.3) is 0 Å². The number of amides is 3. The fraction of sp³-hybridized carbons (Fsp3) is 0.625. The van der Waals surface area contributed by atoms with Crippen LogP contribution in [0.5, 0.6) is 0 Å². The summed E-state index contributed by atoms with van der Waals surface area (Å²) < 4.78 is 6.10. The lowest BCUT2D eigenvalue weighted by molar-refractivity contribution is -0.136. The van der Waals surface area contributed by atoms with Crippen LogP contribution in [0.2, 0.25) is 0 Å². The first-order valence-corrected chi connectivity index (χ1v) is 11.9. The lowest BCUT2D eigenvalue weighted by Gasteiger charge is -2.42. The van der Waals surface area contributed by atoms with Crippen LogP contribution in [0, 0.1) is 0 Å². The second kappa shape index (κ2) is 8.92. The smallest absolute Gasteiger partial charge is 0.255 e. The van der Waals surface area contributed by atoms with E-state index in [2.05, 4.69) is 16.3 Å². The number of benzene rings is 1. The highest BCUT2D eigenvalue weighted by molar-refractivity contribution is 6.05. The largest absolute Gasteiger partial charge is 0.376 e. The summed E-state index contributed by atoms with van der Waals surface area (Å²) in [7, 11) is 0. The first-order valence-electron chi connectivity index (χ1n) is 11.9. The fourth-order valence-corrected chi connectivity index (χ4v) is 5.69. The van der Waals surface area contributed by atoms with Crippen molar-refractivity contribution in [2.45, 2.75) is 82.3 Å². The Bertz CT molecular complexity index is 919. The van der Waals surface area contributed by atoms with E-state index in [1.165, 1.54) is 12.8 Å². The van der Waals surface area contributed by atoms with Gasteiger partial charge in [0.1, 0.15) is 6.04 Å². The maximum Gasteiger partial charge on any atom is 0.255 e. The van der Waals surface area contributed by atoms with Crippen molar-refractivity contribution in [3.63, 3.8) is 0 Å². The summed E-state index contributed by atoms with van der Waals surface area (Å²) in [6.45, 7) is 2.95. The molecule has 4 atom stereocenters. The molecule has 0 aromatic heterocycles. The second-order valence-electron chi connectivity index (χ2n) is 9.62. The Morgan fingerprint density at radius 2 is 2.00 bits per heavy atom. The summed E-state index contributed by atoms with van der Waals surface area (Å²) in [5, 5.41) is 2.36. The molecule has 4 heterocycles. The number of piperidine rings is 2. The van der Waals surface area contributed by atoms with Crippen LogP contribution in [0.15, 0.2) is 18.2 Å². The molecule has 0 saturated carbocycles. The summed E-state index contributed by atoms with van der Waals surface area (Å²) in [5.41, 5.74) is 8.94. The predicted octanol–water partition coefficient (Wildman–Crippen LogP) is 1.31. The number of nitrogens with zero attached hydrogens (tertiary/aromatic N) is 2. The number of fused-ring (bicyclic) bond motifs is 1. The molecule has 0 radical (unpaired) electrons. The fourth-order valence-electron chi connectivity index (χ4n) is 5.69. The minimum absolute atomic E-state index is 0.117. The maximum absolute atomic E-state index is 13.1. The molecule has 8 nitrogen and oxygen atoms in total. The van der Waals surface area contributed by atoms with Crippen molar-refractivity contribution >= 4 is 17.7 Å². The topological polar surface area (TPSA) is 105 Å². The molecule has 1 aromatic carbocycles. The third-order valence-corrected chi connectivity index (χ3v) is 7.43. The van der Waals surface area contributed by atoms with Crippen LogP contribution in [0.1, 0.15) is 66.4 Å². The molecule has 172 valence electrons. The third kappa shape index (κ3) is 4.19. The van der Waals surface area contributed by atoms with Gasteiger partial charge in [-0.3, -0.25) is 24.6 Å². The molecule has 32 heavy (non-hydrogen) atoms. The highest BCUT2D eigenvalue weighted by Gasteiger charge is 2.39. The minimum atomic E-state index is -0.574. The Kier molecular flexibility index (Phi) is 6.01. The molecule has 3 N–H and O–H groups in total. The van der Waals surface area contributed by atoms with Gasteiger partial charge in [0.25, 0.3) is 5.91 Å². The number of imide groups is 1. The number of nitrogens with two attached hydrogens (primary N) is 1. The van der Waals surface area contributed by atoms with Gasteiger partial charge in [-0.25, -0.2) is 0 Å². The van der Waals surface area contributed by atoms with E-state index in [0.29, 0.717) is 24.6 Å². The number of nitrogens with one attached hydrogen (secondary N) is 1. The van der Waals surface area contributed by atoms with Crippen LogP contribution >= 0.6 is 0 Å². The van der Waals surface area contributed by atoms with Gasteiger partial charge in [-0.2, -0.15) is 0 Å². The van der Waals surface area contributed by atoms with Crippen LogP contribution in [0.4, 0.5) is 0 Å². The van der Waals surface area contributed by atoms with E-state index >= 15 is 0 Å². The van der Waals surface area contributed by atoms with E-state index in [1.54, 1.807) is 4.90 Å². The Hall–Kier alpha value is -2.29. The Labute approximate surface area is 188 Å². The number of carbonyl (C=O) groups excluding carboxylic acids is 3. The Balaban J connectivity index is 1.30. The number of carbonyl (C=O) groups is 3. The molecule has 3 saturated heterocycles. The quantitative estimate of drug-likeness (QED) is 0.684. The molecule has 0 bridgehead atoms. The summed E-state index contributed by atoms with van der Waals surface area (Å²) in [4.78, 5) is 41.0. The maximum atomic E-state index is 13.1. The van der Waals surface area contributed by atoms with Crippen molar-refractivity contribution in [3.05, 3.63) is 34.9 Å². The van der Waals surface area contributed by atoms with Gasteiger partial charge in [0, 0.05) is 43.8 Å². The zero-order valence-corrected chi connectivity index (χ0v) is 18.4. The van der Waals surface area contributed by atoms with Crippen molar-refractivity contribution in [3.8, 4) is 0 Å². The molecule has 0 aliphatic carbocycles. The standard InChI is InChI=1S/C24H32N4O4/c25-17-8-10-32-21(12-17)19-3-1-2-9-27(19)13-15-4-5-16-14-28(24(31)18(16)11-15)20-6-7-22(29)26-23(20)30/h4-5,11,17,19-21H,1-3,6-10,12-14,25H2,(H,26,29,30). The van der Waals surface area contributed by atoms with Crippen molar-refractivity contribution in [1.29, 1.82) is 0 Å². The van der Waals surface area contributed by atoms with Crippen molar-refractivity contribution < 1.29 is 19.1 Å². The predicted molar refractivity (Wildman–Crippen MR) is 117 cm³/mol. The molecule has 1 aromatic rings. The normalized spacial score (nSPS) is 31.5. The summed E-state index contributed by atoms with van der Waals surface area (Å²) >= 11 is 0. The van der Waals surface area contributed by atoms with Gasteiger partial charge >= 0.3 is 0 Å². The van der Waals surface area contributed by atoms with Gasteiger partial charge in [0.2, 0.25) is 11.8 Å². The summed E-state index contributed by atoms with van der Waals surface area (Å²) in [6.07, 6.45) is 6.16. The lowest BCUT2D eigenvalue weighted by atomic mass is 9.90. The van der Waals surface area contributed by atoms with Crippen LogP contribution < -0.4 is 11.1 Å². The number of rotatable bonds is 4. The van der Waals surface area contributed by atoms with Gasteiger partial charge in [-0.05, 0) is 55.8 Å². The van der Waals surface area contributed by atoms with E-state index in [-0.39, 0.29) is 36.3 Å². The number of ether oxygens (including phenoxy) is 1. The molecule has 0 spiro atoms. The molecule has 4 unspecified atom stereocenters. The molecule has 4 aliphatic heterocycles. The Morgan fingerprint density at radius 3 is 2.81 bits per heavy atom. The summed E-state index contributed by atoms with van der Waals surface area (Å²) in [5.74, 6) is -0.755. The van der Waals surface area contributed by atoms with Gasteiger partial charge in [0.05, 0.1) is 6.10 Å². The van der Waals surface area contributed by atoms with E-state index in [1.807, 2.05) is 12.1 Å². The molecule has 3 amide bonds. The number of likely N-dealkylation sites (tertiary alicyclic amines) is 1. The molecule has 4 aliphatic rings. The van der Waals surface area contributed by atoms with Gasteiger partial charge in [-0.15, -0.1) is 0 Å². The molecule has 5 rings (SSSR count). The first-order chi connectivity index (χ1) is 15.5. The van der Waals surface area contributed by atoms with Gasteiger partial charge in [0.15, 0.2) is 0 Å². The van der Waals surface area contributed by atoms with E-state index in [9.17, 15) is 14.4 Å². The zero-order valence-electron chi connectivity index (χ0n) is 18.4. The third-order valence-electron chi connectivity index (χ3n) is 7.43. The monoisotopic (exact) mass is 440 g/mol. The van der Waals surface area contributed by atoms with E-state index in [0.717, 1.165) is 50.1 Å². The van der Waals surface area contributed by atoms with Crippen LogP contribution in [-0.4, -0.2) is 64.9 Å². The number of hydrogen-bond donors (Lipinski definition) is 2. The van der Waals surface area contributed by atoms with Crippen molar-refractivity contribution in [2.75, 3.05) is 13.2 Å². The van der Waals surface area contributed by atoms with Gasteiger partial charge < -0.3 is 15.4 Å². The zero-order chi connectivity index (χ0) is 22.2. The average Bonchev–Trinajstić information content (AvgIpc) is 3.10. The van der Waals surface area contributed by atoms with Crippen molar-refractivity contribution in [2.24, 2.45) is 5.73 Å². The van der Waals surface area contributed by atoms with E-state index in [4.69, 9.17) is 10.5 Å².